The van der Waals surface area contributed by atoms with Crippen LogP contribution >= 0.6 is 0 Å². The summed E-state index contributed by atoms with van der Waals surface area (Å²) < 4.78 is 54.9. The number of hydrogen-bond donors (Lipinski definition) is 1. The second kappa shape index (κ2) is 26.4. The molecule has 2 N–H and O–H groups in total. The van der Waals surface area contributed by atoms with Gasteiger partial charge in [-0.2, -0.15) is 0 Å². The quantitative estimate of drug-likeness (QED) is 0.113. The van der Waals surface area contributed by atoms with Crippen LogP contribution in [0.3, 0.4) is 0 Å². The van der Waals surface area contributed by atoms with E-state index in [0.29, 0.717) is 130 Å². The number of rotatable bonds is 29. The topological polar surface area (TPSA) is 118 Å². The standard InChI is InChI=1S/C30H47NO10/c31-29-8-4-5-9-30(29)41-27-25-39-23-21-37-19-17-35-15-13-33-11-10-32-12-14-34-16-18-36-20-22-38-24-26-40-28-6-2-1-3-7-28/h1-9H,10-27,31H2. The summed E-state index contributed by atoms with van der Waals surface area (Å²) in [6.07, 6.45) is 0. The lowest BCUT2D eigenvalue weighted by Gasteiger charge is -2.10. The lowest BCUT2D eigenvalue weighted by Crippen LogP contribution is -2.15. The van der Waals surface area contributed by atoms with Crippen LogP contribution in [-0.2, 0) is 37.9 Å². The highest BCUT2D eigenvalue weighted by molar-refractivity contribution is 5.51. The van der Waals surface area contributed by atoms with Gasteiger partial charge in [0.05, 0.1) is 111 Å². The third-order valence-electron chi connectivity index (χ3n) is 5.25. The van der Waals surface area contributed by atoms with Gasteiger partial charge in [-0.15, -0.1) is 0 Å². The molecule has 232 valence electrons. The number of ether oxygens (including phenoxy) is 10. The maximum atomic E-state index is 5.81. The summed E-state index contributed by atoms with van der Waals surface area (Å²) in [4.78, 5) is 0. The van der Waals surface area contributed by atoms with Gasteiger partial charge in [-0.25, -0.2) is 0 Å². The molecule has 2 aromatic rings. The molecule has 2 aromatic carbocycles. The highest BCUT2D eigenvalue weighted by atomic mass is 16.6. The van der Waals surface area contributed by atoms with E-state index >= 15 is 0 Å². The van der Waals surface area contributed by atoms with Gasteiger partial charge in [0.2, 0.25) is 0 Å². The first-order valence-electron chi connectivity index (χ1n) is 14.1. The predicted octanol–water partition coefficient (Wildman–Crippen LogP) is 2.86. The molecular weight excluding hydrogens is 534 g/mol. The molecule has 0 heterocycles. The van der Waals surface area contributed by atoms with Gasteiger partial charge >= 0.3 is 0 Å². The summed E-state index contributed by atoms with van der Waals surface area (Å²) in [6, 6.07) is 17.1. The fourth-order valence-corrected chi connectivity index (χ4v) is 3.20. The molecule has 0 aliphatic heterocycles. The molecule has 0 radical (unpaired) electrons. The Morgan fingerprint density at radius 1 is 0.341 bits per heavy atom. The molecule has 0 unspecified atom stereocenters. The van der Waals surface area contributed by atoms with E-state index in [4.69, 9.17) is 53.1 Å². The maximum absolute atomic E-state index is 5.81. The lowest BCUT2D eigenvalue weighted by atomic mass is 10.3. The number of anilines is 1. The molecule has 0 aromatic heterocycles. The van der Waals surface area contributed by atoms with Crippen LogP contribution in [0.5, 0.6) is 11.5 Å². The summed E-state index contributed by atoms with van der Waals surface area (Å²) in [7, 11) is 0. The van der Waals surface area contributed by atoms with E-state index in [1.807, 2.05) is 48.5 Å². The number of hydrogen-bond acceptors (Lipinski definition) is 11. The van der Waals surface area contributed by atoms with Crippen molar-refractivity contribution >= 4 is 5.69 Å². The van der Waals surface area contributed by atoms with E-state index in [2.05, 4.69) is 0 Å². The van der Waals surface area contributed by atoms with Crippen LogP contribution < -0.4 is 15.2 Å². The van der Waals surface area contributed by atoms with Gasteiger partial charge in [-0.1, -0.05) is 30.3 Å². The minimum atomic E-state index is 0.441. The van der Waals surface area contributed by atoms with Crippen molar-refractivity contribution in [1.29, 1.82) is 0 Å². The van der Waals surface area contributed by atoms with Gasteiger partial charge in [0, 0.05) is 0 Å². The van der Waals surface area contributed by atoms with Crippen LogP contribution in [0.4, 0.5) is 5.69 Å². The van der Waals surface area contributed by atoms with E-state index in [9.17, 15) is 0 Å². The monoisotopic (exact) mass is 581 g/mol. The van der Waals surface area contributed by atoms with Crippen molar-refractivity contribution in [3.63, 3.8) is 0 Å². The van der Waals surface area contributed by atoms with Gasteiger partial charge in [-0.05, 0) is 24.3 Å². The molecule has 0 fully saturated rings. The van der Waals surface area contributed by atoms with Crippen molar-refractivity contribution in [1.82, 2.24) is 0 Å². The van der Waals surface area contributed by atoms with Gasteiger partial charge in [0.25, 0.3) is 0 Å². The van der Waals surface area contributed by atoms with Gasteiger partial charge in [0.15, 0.2) is 0 Å². The lowest BCUT2D eigenvalue weighted by molar-refractivity contribution is -0.0241. The average molecular weight is 582 g/mol. The fraction of sp³-hybridized carbons (Fsp3) is 0.600. The summed E-state index contributed by atoms with van der Waals surface area (Å²) in [6.45, 7) is 9.14. The first-order valence-corrected chi connectivity index (χ1v) is 14.1. The molecule has 2 rings (SSSR count). The first kappa shape index (κ1) is 34.7. The molecule has 0 amide bonds. The van der Waals surface area contributed by atoms with E-state index in [1.165, 1.54) is 0 Å². The zero-order valence-corrected chi connectivity index (χ0v) is 24.1. The van der Waals surface area contributed by atoms with Crippen LogP contribution in [0.1, 0.15) is 0 Å². The Hall–Kier alpha value is -2.48. The predicted molar refractivity (Wildman–Crippen MR) is 155 cm³/mol. The summed E-state index contributed by atoms with van der Waals surface area (Å²) in [5.41, 5.74) is 6.43. The minimum Gasteiger partial charge on any atom is -0.491 e. The summed E-state index contributed by atoms with van der Waals surface area (Å²) in [5.74, 6) is 1.51. The summed E-state index contributed by atoms with van der Waals surface area (Å²) in [5, 5.41) is 0. The van der Waals surface area contributed by atoms with Crippen molar-refractivity contribution in [2.45, 2.75) is 0 Å². The molecule has 0 atom stereocenters. The highest BCUT2D eigenvalue weighted by Crippen LogP contribution is 2.19. The number of nitrogens with two attached hydrogens (primary N) is 1. The van der Waals surface area contributed by atoms with Gasteiger partial charge in [0.1, 0.15) is 24.7 Å². The average Bonchev–Trinajstić information content (AvgIpc) is 3.00. The SMILES string of the molecule is Nc1ccccc1OCCOCCOCCOCCOCCOCCOCCOCCOCCOc1ccccc1. The zero-order chi connectivity index (χ0) is 28.9. The third-order valence-corrected chi connectivity index (χ3v) is 5.25. The Morgan fingerprint density at radius 2 is 0.659 bits per heavy atom. The molecular formula is C30H47NO10. The normalized spacial score (nSPS) is 11.1. The Balaban J connectivity index is 1.17. The number of para-hydroxylation sites is 3. The van der Waals surface area contributed by atoms with E-state index in [-0.39, 0.29) is 0 Å². The van der Waals surface area contributed by atoms with Crippen LogP contribution in [0.2, 0.25) is 0 Å². The minimum absolute atomic E-state index is 0.441. The second-order valence-corrected chi connectivity index (χ2v) is 8.45. The third kappa shape index (κ3) is 21.0. The van der Waals surface area contributed by atoms with Crippen molar-refractivity contribution in [2.75, 3.05) is 125 Å². The Labute approximate surface area is 244 Å². The molecule has 0 aliphatic rings. The van der Waals surface area contributed by atoms with Crippen molar-refractivity contribution < 1.29 is 47.4 Å². The molecule has 41 heavy (non-hydrogen) atoms. The molecule has 0 spiro atoms. The Kier molecular flexibility index (Phi) is 22.4. The van der Waals surface area contributed by atoms with Crippen molar-refractivity contribution in [3.8, 4) is 11.5 Å². The summed E-state index contributed by atoms with van der Waals surface area (Å²) >= 11 is 0. The zero-order valence-electron chi connectivity index (χ0n) is 24.1. The molecule has 0 aliphatic carbocycles. The van der Waals surface area contributed by atoms with Crippen molar-refractivity contribution in [3.05, 3.63) is 54.6 Å². The van der Waals surface area contributed by atoms with Crippen molar-refractivity contribution in [2.24, 2.45) is 0 Å². The van der Waals surface area contributed by atoms with Crippen LogP contribution in [0.15, 0.2) is 54.6 Å². The van der Waals surface area contributed by atoms with Gasteiger partial charge in [-0.3, -0.25) is 0 Å². The van der Waals surface area contributed by atoms with Gasteiger partial charge < -0.3 is 53.1 Å². The molecule has 11 heteroatoms. The smallest absolute Gasteiger partial charge is 0.142 e. The van der Waals surface area contributed by atoms with Crippen LogP contribution in [-0.4, -0.2) is 119 Å². The van der Waals surface area contributed by atoms with E-state index < -0.39 is 0 Å². The first-order chi connectivity index (χ1) is 20.4. The van der Waals surface area contributed by atoms with E-state index in [1.54, 1.807) is 6.07 Å². The van der Waals surface area contributed by atoms with Crippen LogP contribution in [0.25, 0.3) is 0 Å². The Morgan fingerprint density at radius 3 is 1.05 bits per heavy atom. The number of nitrogen functional groups attached to an aromatic ring is 1. The molecule has 0 saturated heterocycles. The molecule has 0 bridgehead atoms. The van der Waals surface area contributed by atoms with E-state index in [0.717, 1.165) is 5.75 Å². The largest absolute Gasteiger partial charge is 0.491 e. The highest BCUT2D eigenvalue weighted by Gasteiger charge is 1.99. The second-order valence-electron chi connectivity index (χ2n) is 8.45. The Bertz CT molecular complexity index is 830. The molecule has 11 nitrogen and oxygen atoms in total. The molecule has 0 saturated carbocycles. The number of benzene rings is 2. The fourth-order valence-electron chi connectivity index (χ4n) is 3.20. The van der Waals surface area contributed by atoms with Crippen LogP contribution in [0, 0.1) is 0 Å². The maximum Gasteiger partial charge on any atom is 0.142 e.